The molecule has 0 bridgehead atoms. The van der Waals surface area contributed by atoms with E-state index in [9.17, 15) is 0 Å². The average molecular weight is 229 g/mol. The molecule has 0 saturated carbocycles. The minimum atomic E-state index is -0.0372. The van der Waals surface area contributed by atoms with Crippen molar-refractivity contribution < 1.29 is 4.74 Å². The monoisotopic (exact) mass is 228 g/mol. The Hall–Kier alpha value is -0.640. The fourth-order valence-electron chi connectivity index (χ4n) is 1.38. The highest BCUT2D eigenvalue weighted by Gasteiger charge is 2.14. The first-order chi connectivity index (χ1) is 7.15. The van der Waals surface area contributed by atoms with Crippen LogP contribution in [0.25, 0.3) is 0 Å². The zero-order chi connectivity index (χ0) is 11.3. The number of hydrogen-bond acceptors (Lipinski definition) is 3. The van der Waals surface area contributed by atoms with Gasteiger partial charge in [0.15, 0.2) is 0 Å². The number of nitrogens with two attached hydrogens (primary N) is 1. The molecular weight excluding hydrogens is 212 g/mol. The second-order valence-electron chi connectivity index (χ2n) is 3.50. The number of hydrogen-bond donors (Lipinski definition) is 1. The molecule has 0 aliphatic carbocycles. The topological polar surface area (TPSA) is 48.1 Å². The Morgan fingerprint density at radius 2 is 2.33 bits per heavy atom. The molecule has 0 aliphatic heterocycles. The number of halogens is 1. The van der Waals surface area contributed by atoms with Gasteiger partial charge in [-0.3, -0.25) is 4.98 Å². The largest absolute Gasteiger partial charge is 0.377 e. The summed E-state index contributed by atoms with van der Waals surface area (Å²) in [6, 6.07) is 1.85. The maximum Gasteiger partial charge on any atom is 0.0700 e. The van der Waals surface area contributed by atoms with Crippen LogP contribution in [0.15, 0.2) is 18.5 Å². The van der Waals surface area contributed by atoms with Crippen molar-refractivity contribution in [3.63, 3.8) is 0 Å². The summed E-state index contributed by atoms with van der Waals surface area (Å²) in [5.41, 5.74) is 7.02. The van der Waals surface area contributed by atoms with E-state index in [1.807, 2.05) is 19.9 Å². The smallest absolute Gasteiger partial charge is 0.0700 e. The molecule has 2 atom stereocenters. The van der Waals surface area contributed by atoms with Crippen LogP contribution >= 0.6 is 11.6 Å². The SMILES string of the molecule is CCOC(C)C(N)Cc1ccncc1Cl. The van der Waals surface area contributed by atoms with Crippen molar-refractivity contribution in [3.8, 4) is 0 Å². The minimum Gasteiger partial charge on any atom is -0.377 e. The second-order valence-corrected chi connectivity index (χ2v) is 3.90. The summed E-state index contributed by atoms with van der Waals surface area (Å²) in [6.07, 6.45) is 4.11. The molecule has 0 radical (unpaired) electrons. The van der Waals surface area contributed by atoms with Gasteiger partial charge in [0.1, 0.15) is 0 Å². The number of rotatable bonds is 5. The highest BCUT2D eigenvalue weighted by Crippen LogP contribution is 2.16. The molecule has 0 spiro atoms. The molecule has 0 saturated heterocycles. The van der Waals surface area contributed by atoms with Gasteiger partial charge in [-0.2, -0.15) is 0 Å². The number of nitrogens with zero attached hydrogens (tertiary/aromatic N) is 1. The lowest BCUT2D eigenvalue weighted by molar-refractivity contribution is 0.0577. The molecule has 1 heterocycles. The van der Waals surface area contributed by atoms with Crippen LogP contribution in [0.4, 0.5) is 0 Å². The summed E-state index contributed by atoms with van der Waals surface area (Å²) in [6.45, 7) is 4.62. The Balaban J connectivity index is 2.58. The van der Waals surface area contributed by atoms with Crippen molar-refractivity contribution in [2.45, 2.75) is 32.4 Å². The van der Waals surface area contributed by atoms with Crippen molar-refractivity contribution in [3.05, 3.63) is 29.0 Å². The lowest BCUT2D eigenvalue weighted by Crippen LogP contribution is -2.36. The number of pyridine rings is 1. The van der Waals surface area contributed by atoms with Crippen molar-refractivity contribution in [2.75, 3.05) is 6.61 Å². The molecule has 0 fully saturated rings. The quantitative estimate of drug-likeness (QED) is 0.839. The fourth-order valence-corrected chi connectivity index (χ4v) is 1.57. The second kappa shape index (κ2) is 6.05. The van der Waals surface area contributed by atoms with E-state index in [4.69, 9.17) is 22.1 Å². The van der Waals surface area contributed by atoms with Crippen molar-refractivity contribution in [1.82, 2.24) is 4.98 Å². The molecule has 0 amide bonds. The molecule has 3 nitrogen and oxygen atoms in total. The van der Waals surface area contributed by atoms with Crippen molar-refractivity contribution in [2.24, 2.45) is 5.73 Å². The number of ether oxygens (including phenoxy) is 1. The van der Waals surface area contributed by atoms with Gasteiger partial charge < -0.3 is 10.5 Å². The fraction of sp³-hybridized carbons (Fsp3) is 0.545. The third-order valence-electron chi connectivity index (χ3n) is 2.34. The number of aromatic nitrogens is 1. The van der Waals surface area contributed by atoms with Gasteiger partial charge in [0.25, 0.3) is 0 Å². The van der Waals surface area contributed by atoms with Crippen LogP contribution in [0, 0.1) is 0 Å². The van der Waals surface area contributed by atoms with E-state index in [0.717, 1.165) is 5.56 Å². The normalized spacial score (nSPS) is 14.9. The minimum absolute atomic E-state index is 0.0372. The Morgan fingerprint density at radius 3 is 2.93 bits per heavy atom. The Labute approximate surface area is 95.6 Å². The van der Waals surface area contributed by atoms with Gasteiger partial charge in [0.2, 0.25) is 0 Å². The summed E-state index contributed by atoms with van der Waals surface area (Å²) in [4.78, 5) is 3.93. The van der Waals surface area contributed by atoms with E-state index >= 15 is 0 Å². The van der Waals surface area contributed by atoms with E-state index in [1.54, 1.807) is 12.4 Å². The maximum atomic E-state index is 6.00. The van der Waals surface area contributed by atoms with Crippen LogP contribution in [0.3, 0.4) is 0 Å². The first kappa shape index (κ1) is 12.4. The molecule has 15 heavy (non-hydrogen) atoms. The summed E-state index contributed by atoms with van der Waals surface area (Å²) < 4.78 is 5.43. The highest BCUT2D eigenvalue weighted by atomic mass is 35.5. The Kier molecular flexibility index (Phi) is 5.02. The van der Waals surface area contributed by atoms with E-state index in [0.29, 0.717) is 18.1 Å². The zero-order valence-electron chi connectivity index (χ0n) is 9.11. The molecule has 1 aromatic rings. The van der Waals surface area contributed by atoms with Gasteiger partial charge in [0.05, 0.1) is 11.1 Å². The van der Waals surface area contributed by atoms with E-state index < -0.39 is 0 Å². The summed E-state index contributed by atoms with van der Waals surface area (Å²) in [5, 5.41) is 0.664. The first-order valence-electron chi connectivity index (χ1n) is 5.10. The Morgan fingerprint density at radius 1 is 1.60 bits per heavy atom. The van der Waals surface area contributed by atoms with E-state index in [-0.39, 0.29) is 12.1 Å². The summed E-state index contributed by atoms with van der Waals surface area (Å²) >= 11 is 5.99. The average Bonchev–Trinajstić information content (AvgIpc) is 2.21. The molecule has 2 N–H and O–H groups in total. The lowest BCUT2D eigenvalue weighted by atomic mass is 10.0. The standard InChI is InChI=1S/C11H17ClN2O/c1-3-15-8(2)11(13)6-9-4-5-14-7-10(9)12/h4-5,7-8,11H,3,6,13H2,1-2H3. The molecule has 84 valence electrons. The van der Waals surface area contributed by atoms with Crippen LogP contribution in [-0.4, -0.2) is 23.7 Å². The van der Waals surface area contributed by atoms with E-state index in [2.05, 4.69) is 4.98 Å². The lowest BCUT2D eigenvalue weighted by Gasteiger charge is -2.20. The molecular formula is C11H17ClN2O. The third kappa shape index (κ3) is 3.78. The van der Waals surface area contributed by atoms with Gasteiger partial charge in [0, 0.05) is 25.0 Å². The maximum absolute atomic E-state index is 6.00. The molecule has 2 unspecified atom stereocenters. The first-order valence-corrected chi connectivity index (χ1v) is 5.48. The molecule has 1 aromatic heterocycles. The van der Waals surface area contributed by atoms with Crippen LogP contribution < -0.4 is 5.73 Å². The van der Waals surface area contributed by atoms with Crippen LogP contribution in [0.1, 0.15) is 19.4 Å². The molecule has 0 aromatic carbocycles. The van der Waals surface area contributed by atoms with Gasteiger partial charge in [-0.15, -0.1) is 0 Å². The highest BCUT2D eigenvalue weighted by molar-refractivity contribution is 6.31. The Bertz CT molecular complexity index is 306. The third-order valence-corrected chi connectivity index (χ3v) is 2.68. The van der Waals surface area contributed by atoms with Gasteiger partial charge in [-0.25, -0.2) is 0 Å². The van der Waals surface area contributed by atoms with Crippen LogP contribution in [0.2, 0.25) is 5.02 Å². The predicted molar refractivity (Wildman–Crippen MR) is 62.0 cm³/mol. The molecule has 0 aliphatic rings. The van der Waals surface area contributed by atoms with E-state index in [1.165, 1.54) is 0 Å². The molecule has 4 heteroatoms. The molecule has 1 rings (SSSR count). The van der Waals surface area contributed by atoms with Crippen LogP contribution in [-0.2, 0) is 11.2 Å². The van der Waals surface area contributed by atoms with Crippen LogP contribution in [0.5, 0.6) is 0 Å². The van der Waals surface area contributed by atoms with Crippen molar-refractivity contribution >= 4 is 11.6 Å². The van der Waals surface area contributed by atoms with Crippen molar-refractivity contribution in [1.29, 1.82) is 0 Å². The summed E-state index contributed by atoms with van der Waals surface area (Å²) in [7, 11) is 0. The van der Waals surface area contributed by atoms with Gasteiger partial charge in [-0.1, -0.05) is 11.6 Å². The zero-order valence-corrected chi connectivity index (χ0v) is 9.87. The predicted octanol–water partition coefficient (Wildman–Crippen LogP) is 2.03. The van der Waals surface area contributed by atoms with Gasteiger partial charge in [-0.05, 0) is 31.9 Å². The van der Waals surface area contributed by atoms with Gasteiger partial charge >= 0.3 is 0 Å². The summed E-state index contributed by atoms with van der Waals surface area (Å²) in [5.74, 6) is 0.